The van der Waals surface area contributed by atoms with Crippen molar-refractivity contribution in [2.24, 2.45) is 0 Å². The van der Waals surface area contributed by atoms with E-state index in [-0.39, 0.29) is 18.3 Å². The van der Waals surface area contributed by atoms with Crippen molar-refractivity contribution in [2.45, 2.75) is 30.2 Å². The van der Waals surface area contributed by atoms with Gasteiger partial charge in [0, 0.05) is 41.2 Å². The van der Waals surface area contributed by atoms with Crippen LogP contribution in [0.3, 0.4) is 0 Å². The van der Waals surface area contributed by atoms with Crippen molar-refractivity contribution in [1.82, 2.24) is 10.2 Å². The number of likely N-dealkylation sites (N-methyl/N-ethyl adjacent to an activating group) is 1. The average molecular weight is 349 g/mol. The van der Waals surface area contributed by atoms with Gasteiger partial charge in [-0.15, -0.1) is 24.2 Å². The number of hydrogen-bond acceptors (Lipinski definition) is 3. The second-order valence-electron chi connectivity index (χ2n) is 4.99. The number of thioether (sulfide) groups is 1. The molecule has 2 rings (SSSR count). The van der Waals surface area contributed by atoms with Gasteiger partial charge in [0.15, 0.2) is 0 Å². The van der Waals surface area contributed by atoms with E-state index < -0.39 is 0 Å². The van der Waals surface area contributed by atoms with Gasteiger partial charge in [-0.05, 0) is 44.2 Å². The molecular formula is C15H22Cl2N2OS. The minimum Gasteiger partial charge on any atom is -0.338 e. The fourth-order valence-corrected chi connectivity index (χ4v) is 3.51. The molecule has 1 amide bonds. The molecule has 1 fully saturated rings. The summed E-state index contributed by atoms with van der Waals surface area (Å²) in [6.07, 6.45) is 2.85. The number of likely N-dealkylation sites (tertiary alicyclic amines) is 1. The third-order valence-corrected chi connectivity index (χ3v) is 4.80. The quantitative estimate of drug-likeness (QED) is 0.799. The Bertz CT molecular complexity index is 442. The zero-order valence-electron chi connectivity index (χ0n) is 12.2. The normalized spacial score (nSPS) is 17.6. The van der Waals surface area contributed by atoms with Gasteiger partial charge in [0.1, 0.15) is 0 Å². The number of benzene rings is 1. The minimum atomic E-state index is 0. The Balaban J connectivity index is 0.00000220. The van der Waals surface area contributed by atoms with Crippen LogP contribution in [0.5, 0.6) is 0 Å². The summed E-state index contributed by atoms with van der Waals surface area (Å²) in [7, 11) is 1.94. The summed E-state index contributed by atoms with van der Waals surface area (Å²) in [5.74, 6) is 1.10. The third kappa shape index (κ3) is 5.70. The Morgan fingerprint density at radius 3 is 2.81 bits per heavy atom. The van der Waals surface area contributed by atoms with Gasteiger partial charge in [0.05, 0.1) is 0 Å². The van der Waals surface area contributed by atoms with E-state index in [0.29, 0.717) is 12.5 Å². The Hall–Kier alpha value is -0.420. The summed E-state index contributed by atoms with van der Waals surface area (Å²) in [4.78, 5) is 15.4. The second-order valence-corrected chi connectivity index (χ2v) is 6.60. The van der Waals surface area contributed by atoms with Crippen molar-refractivity contribution in [3.05, 3.63) is 29.3 Å². The van der Waals surface area contributed by atoms with Crippen LogP contribution in [0.25, 0.3) is 0 Å². The average Bonchev–Trinajstić information content (AvgIpc) is 2.90. The molecule has 6 heteroatoms. The maximum absolute atomic E-state index is 12.2. The smallest absolute Gasteiger partial charge is 0.223 e. The van der Waals surface area contributed by atoms with E-state index in [9.17, 15) is 4.79 Å². The van der Waals surface area contributed by atoms with Crippen LogP contribution in [-0.2, 0) is 4.79 Å². The molecule has 118 valence electrons. The molecule has 0 radical (unpaired) electrons. The van der Waals surface area contributed by atoms with E-state index in [1.165, 1.54) is 0 Å². The van der Waals surface area contributed by atoms with E-state index in [1.54, 1.807) is 11.8 Å². The fourth-order valence-electron chi connectivity index (χ4n) is 2.54. The van der Waals surface area contributed by atoms with Crippen LogP contribution in [0.15, 0.2) is 29.2 Å². The monoisotopic (exact) mass is 348 g/mol. The highest BCUT2D eigenvalue weighted by Crippen LogP contribution is 2.23. The molecule has 3 nitrogen and oxygen atoms in total. The number of nitrogens with zero attached hydrogens (tertiary/aromatic N) is 1. The lowest BCUT2D eigenvalue weighted by molar-refractivity contribution is -0.131. The molecule has 0 aromatic heterocycles. The van der Waals surface area contributed by atoms with E-state index >= 15 is 0 Å². The number of amides is 1. The summed E-state index contributed by atoms with van der Waals surface area (Å²) < 4.78 is 0. The van der Waals surface area contributed by atoms with E-state index in [4.69, 9.17) is 11.6 Å². The molecule has 1 heterocycles. The zero-order chi connectivity index (χ0) is 14.4. The van der Waals surface area contributed by atoms with Gasteiger partial charge in [-0.3, -0.25) is 4.79 Å². The van der Waals surface area contributed by atoms with Crippen molar-refractivity contribution in [1.29, 1.82) is 0 Å². The minimum absolute atomic E-state index is 0. The van der Waals surface area contributed by atoms with Gasteiger partial charge in [-0.25, -0.2) is 0 Å². The summed E-state index contributed by atoms with van der Waals surface area (Å²) >= 11 is 7.56. The largest absolute Gasteiger partial charge is 0.338 e. The number of rotatable bonds is 6. The highest BCUT2D eigenvalue weighted by atomic mass is 35.5. The maximum atomic E-state index is 12.2. The number of halogens is 2. The SMILES string of the molecule is CNCC1CCCN1C(=O)CCSc1ccc(Cl)cc1.Cl. The lowest BCUT2D eigenvalue weighted by Crippen LogP contribution is -2.40. The molecule has 1 saturated heterocycles. The van der Waals surface area contributed by atoms with Gasteiger partial charge in [0.25, 0.3) is 0 Å². The standard InChI is InChI=1S/C15H21ClN2OS.ClH/c1-17-11-13-3-2-9-18(13)15(19)8-10-20-14-6-4-12(16)5-7-14;/h4-7,13,17H,2-3,8-11H2,1H3;1H. The molecule has 0 spiro atoms. The molecule has 1 aliphatic heterocycles. The van der Waals surface area contributed by atoms with Crippen molar-refractivity contribution in [3.63, 3.8) is 0 Å². The Morgan fingerprint density at radius 1 is 1.43 bits per heavy atom. The van der Waals surface area contributed by atoms with E-state index in [2.05, 4.69) is 5.32 Å². The zero-order valence-corrected chi connectivity index (χ0v) is 14.6. The predicted octanol–water partition coefficient (Wildman–Crippen LogP) is 3.45. The molecule has 21 heavy (non-hydrogen) atoms. The molecule has 1 N–H and O–H groups in total. The topological polar surface area (TPSA) is 32.3 Å². The summed E-state index contributed by atoms with van der Waals surface area (Å²) in [5.41, 5.74) is 0. The van der Waals surface area contributed by atoms with Gasteiger partial charge < -0.3 is 10.2 Å². The molecule has 1 aromatic rings. The van der Waals surface area contributed by atoms with Crippen molar-refractivity contribution in [3.8, 4) is 0 Å². The predicted molar refractivity (Wildman–Crippen MR) is 92.7 cm³/mol. The maximum Gasteiger partial charge on any atom is 0.223 e. The van der Waals surface area contributed by atoms with Crippen LogP contribution in [0, 0.1) is 0 Å². The second kappa shape index (κ2) is 9.57. The number of nitrogens with one attached hydrogen (secondary N) is 1. The summed E-state index contributed by atoms with van der Waals surface area (Å²) in [6.45, 7) is 1.81. The fraction of sp³-hybridized carbons (Fsp3) is 0.533. The molecule has 1 unspecified atom stereocenters. The van der Waals surface area contributed by atoms with Crippen LogP contribution in [-0.4, -0.2) is 42.7 Å². The van der Waals surface area contributed by atoms with Crippen molar-refractivity contribution in [2.75, 3.05) is 25.9 Å². The first-order valence-corrected chi connectivity index (χ1v) is 8.39. The Morgan fingerprint density at radius 2 is 2.14 bits per heavy atom. The highest BCUT2D eigenvalue weighted by molar-refractivity contribution is 7.99. The molecular weight excluding hydrogens is 327 g/mol. The molecule has 0 bridgehead atoms. The van der Waals surface area contributed by atoms with Crippen LogP contribution < -0.4 is 5.32 Å². The summed E-state index contributed by atoms with van der Waals surface area (Å²) in [6, 6.07) is 8.14. The first-order valence-electron chi connectivity index (χ1n) is 7.03. The first kappa shape index (κ1) is 18.6. The summed E-state index contributed by atoms with van der Waals surface area (Å²) in [5, 5.41) is 3.92. The molecule has 0 saturated carbocycles. The van der Waals surface area contributed by atoms with Crippen LogP contribution in [0.1, 0.15) is 19.3 Å². The van der Waals surface area contributed by atoms with Gasteiger partial charge in [-0.1, -0.05) is 11.6 Å². The van der Waals surface area contributed by atoms with E-state index in [1.807, 2.05) is 36.2 Å². The van der Waals surface area contributed by atoms with Gasteiger partial charge in [0.2, 0.25) is 5.91 Å². The molecule has 1 aliphatic rings. The molecule has 1 atom stereocenters. The van der Waals surface area contributed by atoms with Crippen LogP contribution in [0.4, 0.5) is 0 Å². The van der Waals surface area contributed by atoms with Gasteiger partial charge in [-0.2, -0.15) is 0 Å². The van der Waals surface area contributed by atoms with Crippen molar-refractivity contribution < 1.29 is 4.79 Å². The lowest BCUT2D eigenvalue weighted by Gasteiger charge is -2.24. The Kier molecular flexibility index (Phi) is 8.49. The molecule has 0 aliphatic carbocycles. The highest BCUT2D eigenvalue weighted by Gasteiger charge is 2.27. The third-order valence-electron chi connectivity index (χ3n) is 3.54. The first-order chi connectivity index (χ1) is 9.70. The number of hydrogen-bond donors (Lipinski definition) is 1. The van der Waals surface area contributed by atoms with Crippen LogP contribution >= 0.6 is 35.8 Å². The number of carbonyl (C=O) groups is 1. The molecule has 1 aromatic carbocycles. The van der Waals surface area contributed by atoms with Crippen LogP contribution in [0.2, 0.25) is 5.02 Å². The Labute approximate surface area is 142 Å². The lowest BCUT2D eigenvalue weighted by atomic mass is 10.2. The van der Waals surface area contributed by atoms with Gasteiger partial charge >= 0.3 is 0 Å². The number of carbonyl (C=O) groups excluding carboxylic acids is 1. The van der Waals surface area contributed by atoms with E-state index in [0.717, 1.165) is 41.6 Å². The van der Waals surface area contributed by atoms with Crippen molar-refractivity contribution >= 4 is 41.7 Å².